The van der Waals surface area contributed by atoms with Crippen LogP contribution in [0.3, 0.4) is 0 Å². The van der Waals surface area contributed by atoms with Gasteiger partial charge < -0.3 is 20.1 Å². The monoisotopic (exact) mass is 772 g/mol. The number of carbonyl (C=O) groups is 2. The lowest BCUT2D eigenvalue weighted by Gasteiger charge is -2.19. The molecule has 0 aromatic carbocycles. The molecule has 0 aromatic heterocycles. The van der Waals surface area contributed by atoms with Crippen LogP contribution in [0.4, 0.5) is 0 Å². The molecule has 2 atom stereocenters. The third-order valence-electron chi connectivity index (χ3n) is 9.34. The maximum Gasteiger partial charge on any atom is 0.472 e. The topological polar surface area (TPSA) is 134 Å². The SMILES string of the molecule is CCCCCCCCCCC/C=C/C/C=C\CCCC(=O)O[C@H](COC(=O)CCCCCCCCCCCCCCCCC)COP(=O)(O)OCCN. The van der Waals surface area contributed by atoms with E-state index in [0.29, 0.717) is 6.42 Å². The fourth-order valence-corrected chi connectivity index (χ4v) is 6.85. The predicted octanol–water partition coefficient (Wildman–Crippen LogP) is 12.4. The minimum Gasteiger partial charge on any atom is -0.462 e. The summed E-state index contributed by atoms with van der Waals surface area (Å²) in [5, 5.41) is 0. The van der Waals surface area contributed by atoms with Gasteiger partial charge in [0.1, 0.15) is 6.61 Å². The Labute approximate surface area is 325 Å². The van der Waals surface area contributed by atoms with Crippen LogP contribution >= 0.6 is 7.82 Å². The molecule has 0 fully saturated rings. The highest BCUT2D eigenvalue weighted by Gasteiger charge is 2.25. The summed E-state index contributed by atoms with van der Waals surface area (Å²) in [5.41, 5.74) is 5.34. The molecule has 0 amide bonds. The second kappa shape index (κ2) is 40.2. The zero-order chi connectivity index (χ0) is 38.9. The number of ether oxygens (including phenoxy) is 2. The van der Waals surface area contributed by atoms with Crippen LogP contribution in [-0.4, -0.2) is 49.3 Å². The van der Waals surface area contributed by atoms with E-state index in [4.69, 9.17) is 24.3 Å². The molecule has 0 bridgehead atoms. The second-order valence-electron chi connectivity index (χ2n) is 14.6. The van der Waals surface area contributed by atoms with Gasteiger partial charge in [-0.3, -0.25) is 18.6 Å². The third-order valence-corrected chi connectivity index (χ3v) is 10.3. The number of allylic oxidation sites excluding steroid dienone is 4. The molecule has 0 heterocycles. The zero-order valence-corrected chi connectivity index (χ0v) is 35.2. The summed E-state index contributed by atoms with van der Waals surface area (Å²) < 4.78 is 32.7. The number of carbonyl (C=O) groups excluding carboxylic acids is 2. The second-order valence-corrected chi connectivity index (χ2v) is 16.0. The van der Waals surface area contributed by atoms with Gasteiger partial charge in [0.2, 0.25) is 0 Å². The number of unbranched alkanes of at least 4 members (excludes halogenated alkanes) is 24. The molecule has 0 saturated carbocycles. The first-order chi connectivity index (χ1) is 25.8. The number of phosphoric ester groups is 1. The Balaban J connectivity index is 4.20. The normalized spacial score (nSPS) is 13.5. The van der Waals surface area contributed by atoms with Crippen molar-refractivity contribution in [2.45, 2.75) is 213 Å². The average Bonchev–Trinajstić information content (AvgIpc) is 3.14. The summed E-state index contributed by atoms with van der Waals surface area (Å²) in [6.45, 7) is 3.70. The Morgan fingerprint density at radius 3 is 1.49 bits per heavy atom. The number of esters is 2. The summed E-state index contributed by atoms with van der Waals surface area (Å²) in [7, 11) is -4.38. The van der Waals surface area contributed by atoms with E-state index in [-0.39, 0.29) is 38.6 Å². The minimum atomic E-state index is -4.38. The fraction of sp³-hybridized carbons (Fsp3) is 0.860. The highest BCUT2D eigenvalue weighted by molar-refractivity contribution is 7.47. The van der Waals surface area contributed by atoms with Crippen molar-refractivity contribution in [3.63, 3.8) is 0 Å². The first kappa shape index (κ1) is 51.5. The standard InChI is InChI=1S/C43H82NO8P/c1-3-5-7-9-11-13-15-17-19-20-22-24-26-28-30-32-34-36-43(46)52-41(40-51-53(47,48)50-38-37-44)39-49-42(45)35-33-31-29-27-25-23-21-18-16-14-12-10-8-6-4-2/h22,24,28,30,41H,3-21,23,25-27,29,31-40,44H2,1-2H3,(H,47,48)/b24-22+,30-28-/t41-/m1/s1. The van der Waals surface area contributed by atoms with Gasteiger partial charge in [-0.05, 0) is 38.5 Å². The van der Waals surface area contributed by atoms with Gasteiger partial charge in [0.25, 0.3) is 0 Å². The van der Waals surface area contributed by atoms with Crippen LogP contribution in [0.5, 0.6) is 0 Å². The van der Waals surface area contributed by atoms with E-state index in [0.717, 1.165) is 38.5 Å². The molecule has 0 aliphatic heterocycles. The van der Waals surface area contributed by atoms with Gasteiger partial charge in [-0.2, -0.15) is 0 Å². The van der Waals surface area contributed by atoms with E-state index in [2.05, 4.69) is 38.2 Å². The van der Waals surface area contributed by atoms with Crippen LogP contribution in [0.15, 0.2) is 24.3 Å². The Bertz CT molecular complexity index is 928. The number of hydrogen-bond acceptors (Lipinski definition) is 8. The molecule has 0 spiro atoms. The molecule has 0 saturated heterocycles. The van der Waals surface area contributed by atoms with Crippen molar-refractivity contribution in [1.82, 2.24) is 0 Å². The Morgan fingerprint density at radius 1 is 0.566 bits per heavy atom. The number of nitrogens with two attached hydrogens (primary N) is 1. The smallest absolute Gasteiger partial charge is 0.462 e. The number of rotatable bonds is 41. The first-order valence-corrected chi connectivity index (χ1v) is 23.3. The van der Waals surface area contributed by atoms with Gasteiger partial charge in [0.15, 0.2) is 6.10 Å². The summed E-state index contributed by atoms with van der Waals surface area (Å²) in [6.07, 6.45) is 42.1. The number of phosphoric acid groups is 1. The van der Waals surface area contributed by atoms with E-state index in [1.807, 2.05) is 0 Å². The summed E-state index contributed by atoms with van der Waals surface area (Å²) in [5.74, 6) is -0.873. The first-order valence-electron chi connectivity index (χ1n) is 21.8. The highest BCUT2D eigenvalue weighted by Crippen LogP contribution is 2.43. The van der Waals surface area contributed by atoms with Crippen LogP contribution in [-0.2, 0) is 32.7 Å². The van der Waals surface area contributed by atoms with Gasteiger partial charge in [0, 0.05) is 19.4 Å². The van der Waals surface area contributed by atoms with Crippen LogP contribution in [0.25, 0.3) is 0 Å². The molecular formula is C43H82NO8P. The van der Waals surface area contributed by atoms with Crippen molar-refractivity contribution < 1.29 is 37.6 Å². The molecule has 312 valence electrons. The molecule has 0 aliphatic rings. The summed E-state index contributed by atoms with van der Waals surface area (Å²) >= 11 is 0. The molecule has 0 radical (unpaired) electrons. The van der Waals surface area contributed by atoms with Gasteiger partial charge >= 0.3 is 19.8 Å². The van der Waals surface area contributed by atoms with Crippen LogP contribution in [0, 0.1) is 0 Å². The average molecular weight is 772 g/mol. The minimum absolute atomic E-state index is 0.0489. The van der Waals surface area contributed by atoms with Crippen molar-refractivity contribution in [3.05, 3.63) is 24.3 Å². The molecule has 53 heavy (non-hydrogen) atoms. The summed E-state index contributed by atoms with van der Waals surface area (Å²) in [4.78, 5) is 34.8. The van der Waals surface area contributed by atoms with Gasteiger partial charge in [-0.15, -0.1) is 0 Å². The van der Waals surface area contributed by atoms with Crippen LogP contribution in [0.1, 0.15) is 206 Å². The quantitative estimate of drug-likeness (QED) is 0.0269. The largest absolute Gasteiger partial charge is 0.472 e. The molecule has 1 unspecified atom stereocenters. The van der Waals surface area contributed by atoms with E-state index in [1.54, 1.807) is 0 Å². The Kier molecular flexibility index (Phi) is 39.0. The molecule has 10 heteroatoms. The van der Waals surface area contributed by atoms with Crippen molar-refractivity contribution in [3.8, 4) is 0 Å². The van der Waals surface area contributed by atoms with Gasteiger partial charge in [-0.25, -0.2) is 4.57 Å². The third kappa shape index (κ3) is 40.0. The van der Waals surface area contributed by atoms with Crippen molar-refractivity contribution in [2.75, 3.05) is 26.4 Å². The molecular weight excluding hydrogens is 689 g/mol. The van der Waals surface area contributed by atoms with Crippen molar-refractivity contribution in [2.24, 2.45) is 5.73 Å². The van der Waals surface area contributed by atoms with Crippen LogP contribution in [0.2, 0.25) is 0 Å². The van der Waals surface area contributed by atoms with Crippen molar-refractivity contribution >= 4 is 19.8 Å². The lowest BCUT2D eigenvalue weighted by molar-refractivity contribution is -0.161. The maximum absolute atomic E-state index is 12.6. The molecule has 0 rings (SSSR count). The van der Waals surface area contributed by atoms with Crippen molar-refractivity contribution in [1.29, 1.82) is 0 Å². The van der Waals surface area contributed by atoms with E-state index in [1.165, 1.54) is 135 Å². The lowest BCUT2D eigenvalue weighted by atomic mass is 10.0. The fourth-order valence-electron chi connectivity index (χ4n) is 6.09. The molecule has 9 nitrogen and oxygen atoms in total. The molecule has 0 aliphatic carbocycles. The highest BCUT2D eigenvalue weighted by atomic mass is 31.2. The molecule has 3 N–H and O–H groups in total. The summed E-state index contributed by atoms with van der Waals surface area (Å²) in [6, 6.07) is 0. The predicted molar refractivity (Wildman–Crippen MR) is 220 cm³/mol. The van der Waals surface area contributed by atoms with E-state index >= 15 is 0 Å². The lowest BCUT2D eigenvalue weighted by Crippen LogP contribution is -2.29. The number of hydrogen-bond donors (Lipinski definition) is 2. The van der Waals surface area contributed by atoms with Gasteiger partial charge in [0.05, 0.1) is 13.2 Å². The maximum atomic E-state index is 12.6. The molecule has 0 aromatic rings. The Morgan fingerprint density at radius 2 is 1.00 bits per heavy atom. The van der Waals surface area contributed by atoms with Gasteiger partial charge in [-0.1, -0.05) is 179 Å². The van der Waals surface area contributed by atoms with E-state index in [9.17, 15) is 19.0 Å². The van der Waals surface area contributed by atoms with E-state index < -0.39 is 26.5 Å². The van der Waals surface area contributed by atoms with Crippen LogP contribution < -0.4 is 5.73 Å². The Hall–Kier alpha value is -1.51. The zero-order valence-electron chi connectivity index (χ0n) is 34.3.